The second-order valence-electron chi connectivity index (χ2n) is 8.18. The van der Waals surface area contributed by atoms with Gasteiger partial charge in [0.15, 0.2) is 0 Å². The maximum Gasteiger partial charge on any atom is 0.319 e. The summed E-state index contributed by atoms with van der Waals surface area (Å²) in [6.07, 6.45) is 22.4. The number of rotatable bonds is 16. The minimum absolute atomic E-state index is 0.872. The van der Waals surface area contributed by atoms with E-state index in [2.05, 4.69) is 51.3 Å². The van der Waals surface area contributed by atoms with Gasteiger partial charge in [-0.25, -0.2) is 0 Å². The summed E-state index contributed by atoms with van der Waals surface area (Å²) in [5, 5.41) is 0. The van der Waals surface area contributed by atoms with Crippen molar-refractivity contribution in [3.8, 4) is 0 Å². The molecule has 0 aromatic heterocycles. The summed E-state index contributed by atoms with van der Waals surface area (Å²) < 4.78 is 0. The highest BCUT2D eigenvalue weighted by atomic mass is 32.5. The molecule has 0 radical (unpaired) electrons. The molecule has 0 rings (SSSR count). The lowest BCUT2D eigenvalue weighted by Crippen LogP contribution is -1.97. The van der Waals surface area contributed by atoms with Gasteiger partial charge in [0.05, 0.1) is 0 Å². The van der Waals surface area contributed by atoms with Gasteiger partial charge >= 0.3 is 13.4 Å². The van der Waals surface area contributed by atoms with Gasteiger partial charge in [0.25, 0.3) is 0 Å². The molecule has 0 unspecified atom stereocenters. The number of hydrogen-bond donors (Lipinski definition) is 7. The number of nitrogens with two attached hydrogens (primary N) is 1. The fourth-order valence-electron chi connectivity index (χ4n) is 3.01. The molecular formula is C22H55NO6P2S2. The van der Waals surface area contributed by atoms with E-state index in [0.29, 0.717) is 0 Å². The minimum Gasteiger partial charge on any atom is -0.330 e. The molecule has 206 valence electrons. The average Bonchev–Trinajstić information content (AvgIpc) is 2.68. The van der Waals surface area contributed by atoms with E-state index < -0.39 is 13.4 Å². The van der Waals surface area contributed by atoms with Crippen LogP contribution in [0.2, 0.25) is 0 Å². The lowest BCUT2D eigenvalue weighted by Gasteiger charge is -2.10. The highest BCUT2D eigenvalue weighted by molar-refractivity contribution is 8.06. The highest BCUT2D eigenvalue weighted by Crippen LogP contribution is 2.27. The maximum atomic E-state index is 7.56. The summed E-state index contributed by atoms with van der Waals surface area (Å²) in [5.74, 6) is 1.01. The van der Waals surface area contributed by atoms with Crippen molar-refractivity contribution >= 4 is 37.1 Å². The predicted molar refractivity (Wildman–Crippen MR) is 151 cm³/mol. The fourth-order valence-corrected chi connectivity index (χ4v) is 3.01. The van der Waals surface area contributed by atoms with Crippen LogP contribution in [0.25, 0.3) is 0 Å². The molecule has 0 aliphatic carbocycles. The van der Waals surface area contributed by atoms with Crippen LogP contribution in [-0.2, 0) is 23.6 Å². The third-order valence-electron chi connectivity index (χ3n) is 4.93. The molecule has 7 nitrogen and oxygen atoms in total. The molecule has 0 atom stereocenters. The Labute approximate surface area is 214 Å². The Kier molecular flexibility index (Phi) is 38.7. The topological polar surface area (TPSA) is 147 Å². The number of hydrogen-bond acceptors (Lipinski definition) is 3. The van der Waals surface area contributed by atoms with Crippen LogP contribution in [0.3, 0.4) is 0 Å². The van der Waals surface area contributed by atoms with Crippen LogP contribution in [0.15, 0.2) is 0 Å². The van der Waals surface area contributed by atoms with E-state index in [-0.39, 0.29) is 0 Å². The molecule has 0 heterocycles. The van der Waals surface area contributed by atoms with Crippen molar-refractivity contribution in [1.29, 1.82) is 0 Å². The third-order valence-corrected chi connectivity index (χ3v) is 4.93. The summed E-state index contributed by atoms with van der Waals surface area (Å²) in [6.45, 7) is 2.41. The van der Waals surface area contributed by atoms with Crippen LogP contribution in [-0.4, -0.2) is 35.9 Å². The highest BCUT2D eigenvalue weighted by Gasteiger charge is 2.01. The second-order valence-corrected chi connectivity index (χ2v) is 13.2. The van der Waals surface area contributed by atoms with Crippen molar-refractivity contribution in [3.63, 3.8) is 0 Å². The first kappa shape index (κ1) is 41.2. The summed E-state index contributed by atoms with van der Waals surface area (Å²) in [7, 11) is 0. The zero-order valence-electron chi connectivity index (χ0n) is 21.6. The molecule has 0 saturated carbocycles. The third kappa shape index (κ3) is 79.3. The summed E-state index contributed by atoms with van der Waals surface area (Å²) in [6, 6.07) is 0. The first-order valence-corrected chi connectivity index (χ1v) is 17.8. The van der Waals surface area contributed by atoms with Crippen LogP contribution in [0.4, 0.5) is 0 Å². The smallest absolute Gasteiger partial charge is 0.319 e. The molecule has 0 aliphatic rings. The van der Waals surface area contributed by atoms with Gasteiger partial charge in [0.2, 0.25) is 0 Å². The van der Waals surface area contributed by atoms with E-state index in [1.54, 1.807) is 0 Å². The first-order valence-electron chi connectivity index (χ1n) is 12.5. The minimum atomic E-state index is -3.81. The maximum absolute atomic E-state index is 7.56. The molecule has 0 aromatic carbocycles. The van der Waals surface area contributed by atoms with Crippen molar-refractivity contribution < 1.29 is 29.4 Å². The molecule has 33 heavy (non-hydrogen) atoms. The molecule has 8 N–H and O–H groups in total. The van der Waals surface area contributed by atoms with Crippen molar-refractivity contribution in [2.45, 2.75) is 130 Å². The molecule has 0 spiro atoms. The summed E-state index contributed by atoms with van der Waals surface area (Å²) in [5.41, 5.74) is 5.42. The van der Waals surface area contributed by atoms with E-state index >= 15 is 0 Å². The van der Waals surface area contributed by atoms with Crippen molar-refractivity contribution in [3.05, 3.63) is 0 Å². The van der Waals surface area contributed by atoms with Gasteiger partial charge in [-0.1, -0.05) is 124 Å². The average molecular weight is 556 g/mol. The summed E-state index contributed by atoms with van der Waals surface area (Å²) in [4.78, 5) is 45.3. The van der Waals surface area contributed by atoms with Crippen molar-refractivity contribution in [2.24, 2.45) is 11.7 Å². The van der Waals surface area contributed by atoms with Crippen LogP contribution in [0, 0.1) is 5.92 Å². The predicted octanol–water partition coefficient (Wildman–Crippen LogP) is 6.24. The lowest BCUT2D eigenvalue weighted by molar-refractivity contribution is 0.361. The second kappa shape index (κ2) is 31.1. The summed E-state index contributed by atoms with van der Waals surface area (Å²) >= 11 is 7.21. The molecule has 11 heteroatoms. The quantitative estimate of drug-likeness (QED) is 0.0867. The molecular weight excluding hydrogens is 500 g/mol. The molecule has 0 saturated heterocycles. The Morgan fingerprint density at radius 1 is 0.545 bits per heavy atom. The molecule has 0 aliphatic heterocycles. The monoisotopic (exact) mass is 555 g/mol. The van der Waals surface area contributed by atoms with Gasteiger partial charge in [-0.05, 0) is 42.5 Å². The van der Waals surface area contributed by atoms with Gasteiger partial charge in [0, 0.05) is 0 Å². The van der Waals surface area contributed by atoms with E-state index in [1.165, 1.54) is 103 Å². The van der Waals surface area contributed by atoms with Gasteiger partial charge in [-0.15, -0.1) is 0 Å². The van der Waals surface area contributed by atoms with Gasteiger partial charge in [0.1, 0.15) is 0 Å². The Balaban J connectivity index is -0.000000185. The normalized spacial score (nSPS) is 11.0. The standard InChI is InChI=1S/C12H27N.C10H22.2H3O3PS/c1-2-3-4-5-6-7-8-9-10-11-12-13;1-4-7-8-9-10(5-2)6-3;2*1-4(2,3)5/h2-13H2,1H3;10H,4-9H2,1-3H3;2*(H3,1,2,3,5). The Bertz CT molecular complexity index is 400. The Morgan fingerprint density at radius 2 is 0.818 bits per heavy atom. The van der Waals surface area contributed by atoms with Crippen molar-refractivity contribution in [1.82, 2.24) is 0 Å². The molecule has 0 fully saturated rings. The lowest BCUT2D eigenvalue weighted by atomic mass is 9.96. The van der Waals surface area contributed by atoms with Gasteiger partial charge in [-0.2, -0.15) is 0 Å². The fraction of sp³-hybridized carbons (Fsp3) is 1.00. The molecule has 0 aromatic rings. The van der Waals surface area contributed by atoms with E-state index in [0.717, 1.165) is 12.5 Å². The van der Waals surface area contributed by atoms with Crippen LogP contribution >= 0.6 is 13.4 Å². The van der Waals surface area contributed by atoms with Crippen LogP contribution in [0.1, 0.15) is 130 Å². The van der Waals surface area contributed by atoms with Crippen LogP contribution < -0.4 is 5.73 Å². The van der Waals surface area contributed by atoms with E-state index in [4.69, 9.17) is 35.1 Å². The zero-order valence-corrected chi connectivity index (χ0v) is 25.0. The SMILES string of the molecule is CCCCCC(CC)CC.CCCCCCCCCCCCN.OP(O)(O)=S.OP(O)(O)=S. The van der Waals surface area contributed by atoms with Gasteiger partial charge < -0.3 is 35.1 Å². The van der Waals surface area contributed by atoms with Crippen molar-refractivity contribution in [2.75, 3.05) is 6.54 Å². The van der Waals surface area contributed by atoms with E-state index in [1.807, 2.05) is 0 Å². The molecule has 0 amide bonds. The molecule has 0 bridgehead atoms. The van der Waals surface area contributed by atoms with Gasteiger partial charge in [-0.3, -0.25) is 0 Å². The Morgan fingerprint density at radius 3 is 1.09 bits per heavy atom. The van der Waals surface area contributed by atoms with E-state index in [9.17, 15) is 0 Å². The Hall–Kier alpha value is 1.02. The van der Waals surface area contributed by atoms with Crippen LogP contribution in [0.5, 0.6) is 0 Å². The number of unbranched alkanes of at least 4 members (excludes halogenated alkanes) is 11. The first-order chi connectivity index (χ1) is 15.3. The largest absolute Gasteiger partial charge is 0.330 e. The zero-order chi connectivity index (χ0) is 26.6.